The molecule has 0 fully saturated rings. The van der Waals surface area contributed by atoms with Gasteiger partial charge >= 0.3 is 0 Å². The minimum atomic E-state index is 0.00190. The van der Waals surface area contributed by atoms with Crippen molar-refractivity contribution < 1.29 is 9.90 Å². The molecule has 210 valence electrons. The predicted octanol–water partition coefficient (Wildman–Crippen LogP) is 12.6. The molecular formula is C44H28O. The van der Waals surface area contributed by atoms with Crippen molar-refractivity contribution in [2.24, 2.45) is 0 Å². The topological polar surface area (TPSA) is 13.1 Å². The van der Waals surface area contributed by atoms with Crippen molar-refractivity contribution in [2.75, 3.05) is 0 Å². The van der Waals surface area contributed by atoms with Gasteiger partial charge in [-0.3, -0.25) is 0 Å². The van der Waals surface area contributed by atoms with E-state index in [-0.39, 0.29) is 18.1 Å². The second kappa shape index (κ2) is 10.4. The number of benzene rings is 8. The van der Waals surface area contributed by atoms with E-state index in [0.29, 0.717) is 33.7 Å². The van der Waals surface area contributed by atoms with Gasteiger partial charge in [-0.05, 0) is 90.3 Å². The van der Waals surface area contributed by atoms with Crippen LogP contribution in [0.25, 0.3) is 88.0 Å². The van der Waals surface area contributed by atoms with Gasteiger partial charge in [0.1, 0.15) is 11.2 Å². The Labute approximate surface area is 267 Å². The molecule has 0 unspecified atom stereocenters. The van der Waals surface area contributed by atoms with E-state index in [1.165, 1.54) is 0 Å². The molecule has 0 bridgehead atoms. The van der Waals surface area contributed by atoms with Crippen molar-refractivity contribution >= 4 is 43.5 Å². The van der Waals surface area contributed by atoms with Crippen molar-refractivity contribution in [1.82, 2.24) is 0 Å². The Hall–Kier alpha value is -5.92. The molecule has 0 atom stereocenters. The molecule has 0 aliphatic heterocycles. The molecule has 1 nitrogen and oxygen atoms in total. The summed E-state index contributed by atoms with van der Waals surface area (Å²) in [5.74, 6) is 0. The lowest BCUT2D eigenvalue weighted by Crippen LogP contribution is -1.90. The summed E-state index contributed by atoms with van der Waals surface area (Å²) >= 11 is 0. The number of hydrogen-bond donors (Lipinski definition) is 0. The minimum absolute atomic E-state index is 0.00190. The molecule has 0 spiro atoms. The Balaban J connectivity index is 1.22. The molecule has 9 rings (SSSR count). The lowest BCUT2D eigenvalue weighted by molar-refractivity contribution is 0.669. The van der Waals surface area contributed by atoms with E-state index < -0.39 is 0 Å². The van der Waals surface area contributed by atoms with Crippen molar-refractivity contribution in [3.63, 3.8) is 0 Å². The normalized spacial score (nSPS) is 12.8. The fraction of sp³-hybridized carbons (Fsp3) is 0. The average Bonchev–Trinajstić information content (AvgIpc) is 3.54. The fourth-order valence-electron chi connectivity index (χ4n) is 6.60. The number of hydrogen-bond acceptors (Lipinski definition) is 1. The second-order valence-corrected chi connectivity index (χ2v) is 11.3. The highest BCUT2D eigenvalue weighted by Crippen LogP contribution is 2.44. The Morgan fingerprint density at radius 3 is 1.60 bits per heavy atom. The van der Waals surface area contributed by atoms with E-state index in [2.05, 4.69) is 30.3 Å². The van der Waals surface area contributed by atoms with E-state index in [9.17, 15) is 1.37 Å². The summed E-state index contributed by atoms with van der Waals surface area (Å²) in [6.45, 7) is 0. The monoisotopic (exact) mass is 576 g/mol. The van der Waals surface area contributed by atoms with E-state index in [1.807, 2.05) is 115 Å². The molecule has 1 heterocycles. The van der Waals surface area contributed by atoms with Crippen LogP contribution < -0.4 is 0 Å². The van der Waals surface area contributed by atoms with Crippen molar-refractivity contribution in [1.29, 1.82) is 0 Å². The molecule has 0 saturated heterocycles. The van der Waals surface area contributed by atoms with Crippen LogP contribution in [0, 0.1) is 0 Å². The molecule has 0 saturated carbocycles. The van der Waals surface area contributed by atoms with Crippen LogP contribution in [0.3, 0.4) is 0 Å². The molecule has 1 heteroatoms. The lowest BCUT2D eigenvalue weighted by atomic mass is 9.86. The zero-order valence-corrected chi connectivity index (χ0v) is 24.3. The van der Waals surface area contributed by atoms with Crippen LogP contribution in [-0.2, 0) is 0 Å². The summed E-state index contributed by atoms with van der Waals surface area (Å²) in [5, 5.41) is 5.28. The first-order chi connectivity index (χ1) is 24.0. The van der Waals surface area contributed by atoms with E-state index in [0.717, 1.165) is 60.3 Å². The second-order valence-electron chi connectivity index (χ2n) is 11.3. The van der Waals surface area contributed by atoms with Crippen molar-refractivity contribution in [3.8, 4) is 44.5 Å². The summed E-state index contributed by atoms with van der Waals surface area (Å²) in [7, 11) is 0. The highest BCUT2D eigenvalue weighted by atomic mass is 16.3. The first-order valence-corrected chi connectivity index (χ1v) is 15.1. The lowest BCUT2D eigenvalue weighted by Gasteiger charge is -2.18. The van der Waals surface area contributed by atoms with Crippen molar-refractivity contribution in [2.45, 2.75) is 0 Å². The molecule has 1 aromatic heterocycles. The molecule has 0 aliphatic rings. The molecule has 0 amide bonds. The third kappa shape index (κ3) is 4.24. The maximum absolute atomic E-state index is 9.21. The largest absolute Gasteiger partial charge is 0.456 e. The maximum Gasteiger partial charge on any atom is 0.136 e. The highest BCUT2D eigenvalue weighted by Gasteiger charge is 2.16. The van der Waals surface area contributed by atoms with Gasteiger partial charge in [-0.2, -0.15) is 0 Å². The van der Waals surface area contributed by atoms with E-state index in [1.54, 1.807) is 0 Å². The third-order valence-electron chi connectivity index (χ3n) is 8.71. The Morgan fingerprint density at radius 1 is 0.333 bits per heavy atom. The quantitative estimate of drug-likeness (QED) is 0.190. The highest BCUT2D eigenvalue weighted by molar-refractivity contribution is 6.21. The zero-order chi connectivity index (χ0) is 33.2. The van der Waals surface area contributed by atoms with Crippen LogP contribution in [0.4, 0.5) is 0 Å². The molecule has 0 aliphatic carbocycles. The molecule has 45 heavy (non-hydrogen) atoms. The summed E-state index contributed by atoms with van der Waals surface area (Å²) in [5.41, 5.74) is 8.12. The molecule has 8 aromatic carbocycles. The number of rotatable bonds is 4. The van der Waals surface area contributed by atoms with Gasteiger partial charge in [-0.1, -0.05) is 146 Å². The SMILES string of the molecule is [2H]c1c(-c2ccc(-c3c4ccccc4c(-c4ccccc4)c4c([2H])cccc34)cc2)c([2H])c2oc3cc(-c4ccccc4)ccc3c2c1[2H]. The van der Waals surface area contributed by atoms with Crippen molar-refractivity contribution in [3.05, 3.63) is 170 Å². The number of furan rings is 1. The summed E-state index contributed by atoms with van der Waals surface area (Å²) in [4.78, 5) is 0. The predicted molar refractivity (Wildman–Crippen MR) is 190 cm³/mol. The summed E-state index contributed by atoms with van der Waals surface area (Å²) < 4.78 is 42.5. The molecule has 0 radical (unpaired) electrons. The summed E-state index contributed by atoms with van der Waals surface area (Å²) in [6.07, 6.45) is 0. The minimum Gasteiger partial charge on any atom is -0.456 e. The van der Waals surface area contributed by atoms with Gasteiger partial charge in [0.2, 0.25) is 0 Å². The van der Waals surface area contributed by atoms with Gasteiger partial charge in [0.05, 0.1) is 5.48 Å². The van der Waals surface area contributed by atoms with Gasteiger partial charge in [0.15, 0.2) is 0 Å². The zero-order valence-electron chi connectivity index (χ0n) is 28.3. The standard InChI is InChI=1S/C44H28O/c1-3-11-29(12-4-1)33-23-25-35-36-26-24-34(28-42(36)45-41(35)27-33)30-19-21-32(22-20-30)44-39-17-9-7-15-37(39)43(31-13-5-2-6-14-31)38-16-8-10-18-40(38)44/h1-28H/i15D,24D,26D,28D. The van der Waals surface area contributed by atoms with Gasteiger partial charge in [0, 0.05) is 10.8 Å². The van der Waals surface area contributed by atoms with Gasteiger partial charge < -0.3 is 4.42 Å². The first kappa shape index (κ1) is 21.7. The summed E-state index contributed by atoms with van der Waals surface area (Å²) in [6, 6.07) is 48.9. The molecular weight excluding hydrogens is 544 g/mol. The third-order valence-corrected chi connectivity index (χ3v) is 8.71. The van der Waals surface area contributed by atoms with E-state index >= 15 is 0 Å². The Bertz CT molecular complexity index is 2730. The van der Waals surface area contributed by atoms with Gasteiger partial charge in [-0.15, -0.1) is 0 Å². The van der Waals surface area contributed by atoms with Crippen LogP contribution in [0.1, 0.15) is 5.48 Å². The van der Waals surface area contributed by atoms with E-state index in [4.69, 9.17) is 8.53 Å². The smallest absolute Gasteiger partial charge is 0.136 e. The van der Waals surface area contributed by atoms with Crippen LogP contribution in [0.15, 0.2) is 174 Å². The average molecular weight is 577 g/mol. The van der Waals surface area contributed by atoms with Crippen LogP contribution >= 0.6 is 0 Å². The Kier molecular flexibility index (Phi) is 5.00. The van der Waals surface area contributed by atoms with Gasteiger partial charge in [0.25, 0.3) is 0 Å². The molecule has 0 N–H and O–H groups in total. The van der Waals surface area contributed by atoms with Crippen LogP contribution in [-0.4, -0.2) is 0 Å². The van der Waals surface area contributed by atoms with Crippen LogP contribution in [0.2, 0.25) is 0 Å². The van der Waals surface area contributed by atoms with Gasteiger partial charge in [-0.25, -0.2) is 0 Å². The van der Waals surface area contributed by atoms with Crippen LogP contribution in [0.5, 0.6) is 0 Å². The Morgan fingerprint density at radius 2 is 0.867 bits per heavy atom. The first-order valence-electron chi connectivity index (χ1n) is 17.1. The molecule has 9 aromatic rings. The number of fused-ring (bicyclic) bond motifs is 5. The maximum atomic E-state index is 9.21. The fourth-order valence-corrected chi connectivity index (χ4v) is 6.60.